The second-order valence-corrected chi connectivity index (χ2v) is 6.20. The average Bonchev–Trinajstić information content (AvgIpc) is 2.96. The summed E-state index contributed by atoms with van der Waals surface area (Å²) in [7, 11) is 1.75. The van der Waals surface area contributed by atoms with Gasteiger partial charge in [-0.1, -0.05) is 18.2 Å². The number of aromatic nitrogens is 2. The number of nitriles is 1. The van der Waals surface area contributed by atoms with Crippen LogP contribution in [0.5, 0.6) is 5.75 Å². The Bertz CT molecular complexity index is 1140. The van der Waals surface area contributed by atoms with E-state index in [0.717, 1.165) is 5.69 Å². The van der Waals surface area contributed by atoms with Crippen LogP contribution in [-0.4, -0.2) is 28.1 Å². The molecule has 0 aliphatic carbocycles. The Morgan fingerprint density at radius 2 is 1.90 bits per heavy atom. The number of rotatable bonds is 6. The fourth-order valence-electron chi connectivity index (χ4n) is 2.77. The normalized spacial score (nSPS) is 10.7. The van der Waals surface area contributed by atoms with Crippen LogP contribution in [0.3, 0.4) is 0 Å². The van der Waals surface area contributed by atoms with E-state index < -0.39 is 5.91 Å². The molecule has 0 aliphatic heterocycles. The third-order valence-electron chi connectivity index (χ3n) is 4.28. The zero-order chi connectivity index (χ0) is 20.8. The Labute approximate surface area is 167 Å². The van der Waals surface area contributed by atoms with E-state index in [9.17, 15) is 9.59 Å². The molecule has 1 N–H and O–H groups in total. The van der Waals surface area contributed by atoms with Crippen molar-refractivity contribution < 1.29 is 9.53 Å². The molecule has 1 heterocycles. The second-order valence-electron chi connectivity index (χ2n) is 6.20. The van der Waals surface area contributed by atoms with Gasteiger partial charge in [0.1, 0.15) is 5.75 Å². The number of para-hydroxylation sites is 1. The summed E-state index contributed by atoms with van der Waals surface area (Å²) in [6, 6.07) is 17.7. The van der Waals surface area contributed by atoms with Crippen LogP contribution in [0.15, 0.2) is 64.5 Å². The van der Waals surface area contributed by atoms with Crippen molar-refractivity contribution in [2.24, 2.45) is 12.1 Å². The van der Waals surface area contributed by atoms with Crippen molar-refractivity contribution in [1.82, 2.24) is 14.8 Å². The largest absolute Gasteiger partial charge is 0.484 e. The number of ether oxygens (including phenoxy) is 1. The molecule has 146 valence electrons. The molecule has 3 rings (SSSR count). The van der Waals surface area contributed by atoms with Gasteiger partial charge in [-0.3, -0.25) is 14.3 Å². The molecule has 8 nitrogen and oxygen atoms in total. The molecule has 0 fully saturated rings. The molecule has 29 heavy (non-hydrogen) atoms. The number of hydrogen-bond donors (Lipinski definition) is 1. The summed E-state index contributed by atoms with van der Waals surface area (Å²) in [5.74, 6) is 0.0251. The van der Waals surface area contributed by atoms with Gasteiger partial charge >= 0.3 is 0 Å². The van der Waals surface area contributed by atoms with Crippen molar-refractivity contribution in [1.29, 1.82) is 5.26 Å². The third-order valence-corrected chi connectivity index (χ3v) is 4.28. The minimum Gasteiger partial charge on any atom is -0.484 e. The number of benzene rings is 2. The van der Waals surface area contributed by atoms with Crippen LogP contribution in [0.1, 0.15) is 16.8 Å². The summed E-state index contributed by atoms with van der Waals surface area (Å²) >= 11 is 0. The Morgan fingerprint density at radius 1 is 1.21 bits per heavy atom. The van der Waals surface area contributed by atoms with Gasteiger partial charge in [-0.15, -0.1) is 0 Å². The lowest BCUT2D eigenvalue weighted by molar-refractivity contribution is -0.123. The first-order valence-electron chi connectivity index (χ1n) is 8.80. The van der Waals surface area contributed by atoms with Crippen molar-refractivity contribution in [3.8, 4) is 17.5 Å². The standard InChI is InChI=1S/C21H19N5O3/c1-15-19(25(2)26(21(15)28)17-6-4-3-5-7-17)13-23-24-20(27)14-29-18-10-8-16(12-22)9-11-18/h3-11,13H,14H2,1-2H3,(H,24,27)/b23-13-. The maximum atomic E-state index is 12.6. The topological polar surface area (TPSA) is 101 Å². The van der Waals surface area contributed by atoms with E-state index in [-0.39, 0.29) is 12.2 Å². The van der Waals surface area contributed by atoms with Crippen LogP contribution in [0, 0.1) is 18.3 Å². The summed E-state index contributed by atoms with van der Waals surface area (Å²) < 4.78 is 8.55. The molecular formula is C21H19N5O3. The highest BCUT2D eigenvalue weighted by Crippen LogP contribution is 2.11. The highest BCUT2D eigenvalue weighted by Gasteiger charge is 2.14. The molecule has 0 spiro atoms. The number of nitrogens with zero attached hydrogens (tertiary/aromatic N) is 4. The second kappa shape index (κ2) is 8.71. The molecule has 0 bridgehead atoms. The fraction of sp³-hybridized carbons (Fsp3) is 0.143. The summed E-state index contributed by atoms with van der Waals surface area (Å²) in [5, 5.41) is 12.7. The molecule has 2 aromatic carbocycles. The molecule has 1 amide bonds. The minimum atomic E-state index is -0.448. The lowest BCUT2D eigenvalue weighted by atomic mass is 10.2. The van der Waals surface area contributed by atoms with Gasteiger partial charge in [-0.25, -0.2) is 10.1 Å². The predicted molar refractivity (Wildman–Crippen MR) is 108 cm³/mol. The van der Waals surface area contributed by atoms with Gasteiger partial charge in [0.2, 0.25) is 0 Å². The Balaban J connectivity index is 1.65. The first kappa shape index (κ1) is 19.6. The average molecular weight is 389 g/mol. The highest BCUT2D eigenvalue weighted by molar-refractivity contribution is 5.82. The van der Waals surface area contributed by atoms with Gasteiger partial charge in [0.25, 0.3) is 11.5 Å². The molecule has 0 radical (unpaired) electrons. The summed E-state index contributed by atoms with van der Waals surface area (Å²) in [6.45, 7) is 1.48. The summed E-state index contributed by atoms with van der Waals surface area (Å²) in [4.78, 5) is 24.5. The number of carbonyl (C=O) groups is 1. The molecule has 0 atom stereocenters. The van der Waals surface area contributed by atoms with E-state index in [1.165, 1.54) is 10.9 Å². The molecule has 0 saturated carbocycles. The molecule has 0 unspecified atom stereocenters. The third kappa shape index (κ3) is 4.42. The lowest BCUT2D eigenvalue weighted by Crippen LogP contribution is -2.24. The van der Waals surface area contributed by atoms with Gasteiger partial charge in [0.15, 0.2) is 6.61 Å². The maximum absolute atomic E-state index is 12.6. The Hall–Kier alpha value is -4.12. The summed E-state index contributed by atoms with van der Waals surface area (Å²) in [6.07, 6.45) is 1.43. The van der Waals surface area contributed by atoms with Crippen molar-refractivity contribution in [2.75, 3.05) is 6.61 Å². The van der Waals surface area contributed by atoms with Gasteiger partial charge < -0.3 is 4.74 Å². The maximum Gasteiger partial charge on any atom is 0.277 e. The van der Waals surface area contributed by atoms with Crippen molar-refractivity contribution >= 4 is 12.1 Å². The van der Waals surface area contributed by atoms with E-state index in [2.05, 4.69) is 10.5 Å². The van der Waals surface area contributed by atoms with Crippen molar-refractivity contribution in [3.05, 3.63) is 81.8 Å². The predicted octanol–water partition coefficient (Wildman–Crippen LogP) is 1.89. The van der Waals surface area contributed by atoms with Gasteiger partial charge in [-0.2, -0.15) is 10.4 Å². The smallest absolute Gasteiger partial charge is 0.277 e. The van der Waals surface area contributed by atoms with Crippen LogP contribution >= 0.6 is 0 Å². The fourth-order valence-corrected chi connectivity index (χ4v) is 2.77. The lowest BCUT2D eigenvalue weighted by Gasteiger charge is -2.08. The van der Waals surface area contributed by atoms with Gasteiger partial charge in [-0.05, 0) is 43.3 Å². The van der Waals surface area contributed by atoms with E-state index in [1.54, 1.807) is 42.9 Å². The van der Waals surface area contributed by atoms with Crippen molar-refractivity contribution in [3.63, 3.8) is 0 Å². The van der Waals surface area contributed by atoms with Crippen molar-refractivity contribution in [2.45, 2.75) is 6.92 Å². The van der Waals surface area contributed by atoms with E-state index in [4.69, 9.17) is 10.00 Å². The SMILES string of the molecule is Cc1c(/C=N\NC(=O)COc2ccc(C#N)cc2)n(C)n(-c2ccccc2)c1=O. The van der Waals surface area contributed by atoms with Crippen LogP contribution in [0.2, 0.25) is 0 Å². The van der Waals surface area contributed by atoms with Crippen LogP contribution < -0.4 is 15.7 Å². The molecular weight excluding hydrogens is 370 g/mol. The Kier molecular flexibility index (Phi) is 5.90. The number of hydrazone groups is 1. The molecule has 8 heteroatoms. The van der Waals surface area contributed by atoms with E-state index in [0.29, 0.717) is 22.6 Å². The zero-order valence-electron chi connectivity index (χ0n) is 16.0. The van der Waals surface area contributed by atoms with Crippen LogP contribution in [-0.2, 0) is 11.8 Å². The molecule has 0 saturated heterocycles. The number of nitrogens with one attached hydrogen (secondary N) is 1. The van der Waals surface area contributed by atoms with Gasteiger partial charge in [0, 0.05) is 12.6 Å². The number of hydrogen-bond acceptors (Lipinski definition) is 5. The van der Waals surface area contributed by atoms with E-state index >= 15 is 0 Å². The molecule has 0 aliphatic rings. The first-order chi connectivity index (χ1) is 14.0. The molecule has 3 aromatic rings. The van der Waals surface area contributed by atoms with Crippen LogP contribution in [0.25, 0.3) is 5.69 Å². The van der Waals surface area contributed by atoms with E-state index in [1.807, 2.05) is 36.4 Å². The molecule has 1 aromatic heterocycles. The summed E-state index contributed by atoms with van der Waals surface area (Å²) in [5.41, 5.74) is 4.56. The van der Waals surface area contributed by atoms with Gasteiger partial charge in [0.05, 0.1) is 29.2 Å². The monoisotopic (exact) mass is 389 g/mol. The highest BCUT2D eigenvalue weighted by atomic mass is 16.5. The first-order valence-corrected chi connectivity index (χ1v) is 8.80. The number of amides is 1. The Morgan fingerprint density at radius 3 is 2.55 bits per heavy atom. The number of carbonyl (C=O) groups excluding carboxylic acids is 1. The van der Waals surface area contributed by atoms with Crippen LogP contribution in [0.4, 0.5) is 0 Å². The zero-order valence-corrected chi connectivity index (χ0v) is 16.0. The minimum absolute atomic E-state index is 0.157. The quantitative estimate of drug-likeness (QED) is 0.514.